The Labute approximate surface area is 145 Å². The maximum atomic E-state index is 13.2. The second-order valence-electron chi connectivity index (χ2n) is 6.00. The smallest absolute Gasteiger partial charge is 0.325 e. The lowest BCUT2D eigenvalue weighted by Crippen LogP contribution is -2.13. The fraction of sp³-hybridized carbons (Fsp3) is 0.167. The second kappa shape index (κ2) is 5.77. The summed E-state index contributed by atoms with van der Waals surface area (Å²) in [6.07, 6.45) is -1.56. The van der Waals surface area contributed by atoms with E-state index in [1.54, 1.807) is 18.2 Å². The van der Waals surface area contributed by atoms with Gasteiger partial charge in [0.15, 0.2) is 0 Å². The summed E-state index contributed by atoms with van der Waals surface area (Å²) in [7, 11) is 0. The van der Waals surface area contributed by atoms with E-state index in [2.05, 4.69) is 15.2 Å². The molecule has 0 saturated carbocycles. The van der Waals surface area contributed by atoms with Crippen molar-refractivity contribution in [1.82, 2.24) is 15.2 Å². The van der Waals surface area contributed by atoms with E-state index in [0.29, 0.717) is 33.3 Å². The highest BCUT2D eigenvalue weighted by molar-refractivity contribution is 5.89. The molecule has 0 spiro atoms. The number of nitrogens with zero attached hydrogens (tertiary/aromatic N) is 2. The van der Waals surface area contributed by atoms with Crippen LogP contribution in [0.25, 0.3) is 27.5 Å². The van der Waals surface area contributed by atoms with Gasteiger partial charge in [-0.25, -0.2) is 5.10 Å². The molecule has 0 fully saturated rings. The Bertz CT molecular complexity index is 1120. The Morgan fingerprint density at radius 2 is 1.96 bits per heavy atom. The molecule has 1 aliphatic carbocycles. The van der Waals surface area contributed by atoms with Crippen molar-refractivity contribution in [2.24, 2.45) is 5.73 Å². The van der Waals surface area contributed by atoms with Crippen molar-refractivity contribution in [2.45, 2.75) is 19.1 Å². The summed E-state index contributed by atoms with van der Waals surface area (Å²) in [6, 6.07) is 6.47. The molecule has 0 radical (unpaired) electrons. The molecule has 1 aromatic carbocycles. The van der Waals surface area contributed by atoms with Crippen molar-refractivity contribution >= 4 is 16.3 Å². The Kier molecular flexibility index (Phi) is 3.66. The molecule has 2 aromatic heterocycles. The lowest BCUT2D eigenvalue weighted by molar-refractivity contribution is -0.0687. The number of nitrogens with one attached hydrogen (secondary N) is 1. The molecule has 132 valence electrons. The lowest BCUT2D eigenvalue weighted by atomic mass is 9.99. The number of benzene rings is 1. The summed E-state index contributed by atoms with van der Waals surface area (Å²) < 4.78 is 39.5. The number of aromatic nitrogens is 3. The molecular weight excluding hydrogens is 345 g/mol. The van der Waals surface area contributed by atoms with E-state index in [1.165, 1.54) is 12.3 Å². The molecule has 1 aliphatic rings. The van der Waals surface area contributed by atoms with Crippen LogP contribution in [0, 0.1) is 0 Å². The van der Waals surface area contributed by atoms with Crippen molar-refractivity contribution in [2.75, 3.05) is 0 Å². The lowest BCUT2D eigenvalue weighted by Gasteiger charge is -2.12. The number of nitrogens with two attached hydrogens (primary N) is 1. The maximum Gasteiger partial charge on any atom is 0.416 e. The first-order chi connectivity index (χ1) is 12.4. The Morgan fingerprint density at radius 3 is 2.69 bits per heavy atom. The Morgan fingerprint density at radius 1 is 1.15 bits per heavy atom. The Hall–Kier alpha value is -3.00. The minimum atomic E-state index is -4.42. The van der Waals surface area contributed by atoms with Crippen molar-refractivity contribution in [3.8, 4) is 11.1 Å². The van der Waals surface area contributed by atoms with Gasteiger partial charge < -0.3 is 5.73 Å². The number of halogens is 3. The summed E-state index contributed by atoms with van der Waals surface area (Å²) in [6.45, 7) is 0.125. The van der Waals surface area contributed by atoms with Crippen LogP contribution in [-0.2, 0) is 13.0 Å². The van der Waals surface area contributed by atoms with Crippen LogP contribution in [0.4, 0.5) is 13.2 Å². The minimum absolute atomic E-state index is 0.0955. The van der Waals surface area contributed by atoms with Gasteiger partial charge in [0.25, 0.3) is 5.56 Å². The standard InChI is InChI=1S/C18H13F3N4O/c19-18(20,21)14-3-4-15-13(14)6-10(8-23-15)9-1-2-11-12(5-9)16(7-22)24-25-17(11)26/h1-3,5-6,8H,4,7,22H2,(H,25,26). The van der Waals surface area contributed by atoms with Gasteiger partial charge in [0.1, 0.15) is 0 Å². The van der Waals surface area contributed by atoms with Gasteiger partial charge >= 0.3 is 6.18 Å². The zero-order chi connectivity index (χ0) is 18.5. The topological polar surface area (TPSA) is 84.7 Å². The molecule has 8 heteroatoms. The molecule has 2 heterocycles. The van der Waals surface area contributed by atoms with Gasteiger partial charge in [-0.05, 0) is 23.8 Å². The zero-order valence-corrected chi connectivity index (χ0v) is 13.4. The fourth-order valence-corrected chi connectivity index (χ4v) is 3.18. The maximum absolute atomic E-state index is 13.2. The van der Waals surface area contributed by atoms with Gasteiger partial charge in [0.2, 0.25) is 0 Å². The zero-order valence-electron chi connectivity index (χ0n) is 13.4. The third kappa shape index (κ3) is 2.59. The van der Waals surface area contributed by atoms with Crippen molar-refractivity contribution in [1.29, 1.82) is 0 Å². The molecular formula is C18H13F3N4O. The number of rotatable bonds is 2. The van der Waals surface area contributed by atoms with E-state index in [9.17, 15) is 18.0 Å². The first-order valence-electron chi connectivity index (χ1n) is 7.87. The van der Waals surface area contributed by atoms with E-state index in [1.807, 2.05) is 0 Å². The summed E-state index contributed by atoms with van der Waals surface area (Å²) >= 11 is 0. The van der Waals surface area contributed by atoms with Crippen LogP contribution < -0.4 is 11.3 Å². The highest BCUT2D eigenvalue weighted by Crippen LogP contribution is 2.40. The largest absolute Gasteiger partial charge is 0.416 e. The van der Waals surface area contributed by atoms with E-state index in [0.717, 1.165) is 6.08 Å². The summed E-state index contributed by atoms with van der Waals surface area (Å²) in [5.74, 6) is 0. The predicted octanol–water partition coefficient (Wildman–Crippen LogP) is 2.95. The summed E-state index contributed by atoms with van der Waals surface area (Å²) in [5.41, 5.74) is 6.83. The van der Waals surface area contributed by atoms with Crippen LogP contribution in [0.3, 0.4) is 0 Å². The highest BCUT2D eigenvalue weighted by atomic mass is 19.4. The second-order valence-corrected chi connectivity index (χ2v) is 6.00. The van der Waals surface area contributed by atoms with E-state index < -0.39 is 11.7 Å². The normalized spacial score (nSPS) is 13.8. The molecule has 3 N–H and O–H groups in total. The molecule has 0 amide bonds. The molecule has 0 atom stereocenters. The van der Waals surface area contributed by atoms with Gasteiger partial charge in [-0.15, -0.1) is 0 Å². The monoisotopic (exact) mass is 358 g/mol. The molecule has 0 aliphatic heterocycles. The quantitative estimate of drug-likeness (QED) is 0.738. The third-order valence-corrected chi connectivity index (χ3v) is 4.46. The Balaban J connectivity index is 1.87. The number of fused-ring (bicyclic) bond motifs is 2. The van der Waals surface area contributed by atoms with Gasteiger partial charge in [0, 0.05) is 35.7 Å². The van der Waals surface area contributed by atoms with Crippen LogP contribution in [0.15, 0.2) is 41.3 Å². The molecule has 0 bridgehead atoms. The van der Waals surface area contributed by atoms with Crippen molar-refractivity contribution in [3.63, 3.8) is 0 Å². The van der Waals surface area contributed by atoms with Gasteiger partial charge in [-0.3, -0.25) is 9.78 Å². The van der Waals surface area contributed by atoms with Crippen LogP contribution in [0.5, 0.6) is 0 Å². The third-order valence-electron chi connectivity index (χ3n) is 4.46. The van der Waals surface area contributed by atoms with Crippen LogP contribution in [0.1, 0.15) is 17.0 Å². The van der Waals surface area contributed by atoms with Gasteiger partial charge in [0.05, 0.1) is 22.3 Å². The first-order valence-corrected chi connectivity index (χ1v) is 7.87. The number of pyridine rings is 1. The number of allylic oxidation sites excluding steroid dienone is 2. The molecule has 0 saturated heterocycles. The first kappa shape index (κ1) is 16.5. The number of hydrogen-bond donors (Lipinski definition) is 2. The molecule has 0 unspecified atom stereocenters. The predicted molar refractivity (Wildman–Crippen MR) is 91.2 cm³/mol. The number of alkyl halides is 3. The molecule has 3 aromatic rings. The highest BCUT2D eigenvalue weighted by Gasteiger charge is 2.38. The summed E-state index contributed by atoms with van der Waals surface area (Å²) in [5, 5.41) is 7.30. The van der Waals surface area contributed by atoms with E-state index in [-0.39, 0.29) is 24.1 Å². The van der Waals surface area contributed by atoms with Crippen LogP contribution >= 0.6 is 0 Å². The average molecular weight is 358 g/mol. The van der Waals surface area contributed by atoms with Gasteiger partial charge in [-0.1, -0.05) is 12.1 Å². The molecule has 5 nitrogen and oxygen atoms in total. The number of aromatic amines is 1. The summed E-state index contributed by atoms with van der Waals surface area (Å²) in [4.78, 5) is 16.1. The van der Waals surface area contributed by atoms with E-state index >= 15 is 0 Å². The number of hydrogen-bond acceptors (Lipinski definition) is 4. The molecule has 26 heavy (non-hydrogen) atoms. The minimum Gasteiger partial charge on any atom is -0.325 e. The number of H-pyrrole nitrogens is 1. The average Bonchev–Trinajstić information content (AvgIpc) is 3.05. The molecule has 4 rings (SSSR count). The van der Waals surface area contributed by atoms with Crippen molar-refractivity contribution in [3.05, 3.63) is 63.8 Å². The van der Waals surface area contributed by atoms with Crippen LogP contribution in [0.2, 0.25) is 0 Å². The fourth-order valence-electron chi connectivity index (χ4n) is 3.18. The van der Waals surface area contributed by atoms with Crippen LogP contribution in [-0.4, -0.2) is 21.4 Å². The van der Waals surface area contributed by atoms with Crippen molar-refractivity contribution < 1.29 is 13.2 Å². The SMILES string of the molecule is NCc1n[nH]c(=O)c2ccc(-c3cnc4c(c3)C(C(F)(F)F)=CC4)cc12. The van der Waals surface area contributed by atoms with E-state index in [4.69, 9.17) is 5.73 Å². The van der Waals surface area contributed by atoms with Gasteiger partial charge in [-0.2, -0.15) is 18.3 Å².